The highest BCUT2D eigenvalue weighted by Gasteiger charge is 2.17. The van der Waals surface area contributed by atoms with Crippen LogP contribution in [0, 0.1) is 10.1 Å². The van der Waals surface area contributed by atoms with Crippen molar-refractivity contribution in [1.29, 1.82) is 0 Å². The Balaban J connectivity index is 1.81. The molecule has 3 aromatic rings. The van der Waals surface area contributed by atoms with Gasteiger partial charge in [-0.05, 0) is 30.7 Å². The number of nitro groups is 1. The highest BCUT2D eigenvalue weighted by molar-refractivity contribution is 9.10. The number of non-ortho nitro benzene ring substituents is 1. The molecule has 0 radical (unpaired) electrons. The van der Waals surface area contributed by atoms with Crippen molar-refractivity contribution >= 4 is 38.6 Å². The molecule has 1 N–H and O–H groups in total. The molecule has 2 aromatic carbocycles. The van der Waals surface area contributed by atoms with Crippen molar-refractivity contribution in [2.24, 2.45) is 0 Å². The van der Waals surface area contributed by atoms with Crippen LogP contribution in [0.3, 0.4) is 0 Å². The molecular formula is C17H14BrN3O5. The lowest BCUT2D eigenvalue weighted by molar-refractivity contribution is -0.384. The van der Waals surface area contributed by atoms with Crippen LogP contribution in [0.1, 0.15) is 18.5 Å². The Morgan fingerprint density at radius 1 is 1.31 bits per heavy atom. The van der Waals surface area contributed by atoms with Crippen LogP contribution in [-0.2, 0) is 11.3 Å². The van der Waals surface area contributed by atoms with Gasteiger partial charge in [-0.2, -0.15) is 0 Å². The molecule has 0 aliphatic heterocycles. The summed E-state index contributed by atoms with van der Waals surface area (Å²) in [6.07, 6.45) is 0. The summed E-state index contributed by atoms with van der Waals surface area (Å²) in [7, 11) is 0. The lowest BCUT2D eigenvalue weighted by Gasteiger charge is -2.14. The zero-order valence-corrected chi connectivity index (χ0v) is 15.2. The molecule has 0 aliphatic carbocycles. The number of hydrogen-bond donors (Lipinski definition) is 1. The molecule has 1 aromatic heterocycles. The van der Waals surface area contributed by atoms with Crippen molar-refractivity contribution < 1.29 is 14.1 Å². The summed E-state index contributed by atoms with van der Waals surface area (Å²) in [5.74, 6) is -1.15. The standard InChI is InChI=1S/C17H14BrN3O5/c1-10(11-2-4-12(18)5-3-11)19-16(22)9-20-14-8-13(21(24)25)6-7-15(14)26-17(20)23/h2-8,10H,9H2,1H3,(H,19,22). The number of carbonyl (C=O) groups is 1. The van der Waals surface area contributed by atoms with E-state index < -0.39 is 16.6 Å². The summed E-state index contributed by atoms with van der Waals surface area (Å²) in [5, 5.41) is 13.7. The van der Waals surface area contributed by atoms with E-state index >= 15 is 0 Å². The van der Waals surface area contributed by atoms with Crippen LogP contribution in [0.15, 0.2) is 56.1 Å². The normalized spacial score (nSPS) is 12.1. The minimum absolute atomic E-state index is 0.185. The quantitative estimate of drug-likeness (QED) is 0.504. The fraction of sp³-hybridized carbons (Fsp3) is 0.176. The van der Waals surface area contributed by atoms with Crippen LogP contribution in [0.25, 0.3) is 11.1 Å². The van der Waals surface area contributed by atoms with Gasteiger partial charge in [0.2, 0.25) is 5.91 Å². The average molecular weight is 420 g/mol. The van der Waals surface area contributed by atoms with Crippen LogP contribution in [0.5, 0.6) is 0 Å². The van der Waals surface area contributed by atoms with Gasteiger partial charge in [0.25, 0.3) is 5.69 Å². The number of fused-ring (bicyclic) bond motifs is 1. The number of rotatable bonds is 5. The third kappa shape index (κ3) is 3.67. The van der Waals surface area contributed by atoms with Crippen LogP contribution in [0.2, 0.25) is 0 Å². The van der Waals surface area contributed by atoms with Crippen molar-refractivity contribution in [2.75, 3.05) is 0 Å². The van der Waals surface area contributed by atoms with E-state index in [2.05, 4.69) is 21.2 Å². The average Bonchev–Trinajstić information content (AvgIpc) is 2.90. The first kappa shape index (κ1) is 17.9. The second-order valence-corrected chi connectivity index (χ2v) is 6.62. The molecule has 1 atom stereocenters. The highest BCUT2D eigenvalue weighted by Crippen LogP contribution is 2.20. The number of hydrogen-bond acceptors (Lipinski definition) is 5. The molecule has 0 spiro atoms. The lowest BCUT2D eigenvalue weighted by Crippen LogP contribution is -2.32. The van der Waals surface area contributed by atoms with Gasteiger partial charge in [-0.25, -0.2) is 4.79 Å². The van der Waals surface area contributed by atoms with Crippen molar-refractivity contribution in [3.8, 4) is 0 Å². The summed E-state index contributed by atoms with van der Waals surface area (Å²) in [6, 6.07) is 11.0. The van der Waals surface area contributed by atoms with E-state index in [1.807, 2.05) is 31.2 Å². The fourth-order valence-electron chi connectivity index (χ4n) is 2.58. The Morgan fingerprint density at radius 2 is 2.00 bits per heavy atom. The Hall–Kier alpha value is -2.94. The lowest BCUT2D eigenvalue weighted by atomic mass is 10.1. The molecule has 3 rings (SSSR count). The highest BCUT2D eigenvalue weighted by atomic mass is 79.9. The van der Waals surface area contributed by atoms with Crippen LogP contribution < -0.4 is 11.1 Å². The molecule has 1 unspecified atom stereocenters. The number of oxazole rings is 1. The molecule has 134 valence electrons. The minimum Gasteiger partial charge on any atom is -0.408 e. The number of nitrogens with zero attached hydrogens (tertiary/aromatic N) is 2. The van der Waals surface area contributed by atoms with Gasteiger partial charge in [0, 0.05) is 16.6 Å². The number of halogens is 1. The molecular weight excluding hydrogens is 406 g/mol. The van der Waals surface area contributed by atoms with E-state index in [4.69, 9.17) is 4.42 Å². The second-order valence-electron chi connectivity index (χ2n) is 5.70. The molecule has 9 heteroatoms. The summed E-state index contributed by atoms with van der Waals surface area (Å²) < 4.78 is 7.04. The van der Waals surface area contributed by atoms with Crippen molar-refractivity contribution in [1.82, 2.24) is 9.88 Å². The third-order valence-corrected chi connectivity index (χ3v) is 4.44. The topological polar surface area (TPSA) is 107 Å². The Bertz CT molecular complexity index is 1040. The largest absolute Gasteiger partial charge is 0.420 e. The number of nitro benzene ring substituents is 1. The SMILES string of the molecule is CC(NC(=O)Cn1c(=O)oc2ccc([N+](=O)[O-])cc21)c1ccc(Br)cc1. The summed E-state index contributed by atoms with van der Waals surface area (Å²) in [5.41, 5.74) is 1.11. The van der Waals surface area contributed by atoms with Gasteiger partial charge in [-0.3, -0.25) is 19.5 Å². The first-order chi connectivity index (χ1) is 12.3. The molecule has 1 heterocycles. The van der Waals surface area contributed by atoms with Gasteiger partial charge in [0.15, 0.2) is 5.58 Å². The number of carbonyl (C=O) groups excluding carboxylic acids is 1. The van der Waals surface area contributed by atoms with E-state index in [0.29, 0.717) is 0 Å². The van der Waals surface area contributed by atoms with Gasteiger partial charge in [-0.15, -0.1) is 0 Å². The van der Waals surface area contributed by atoms with E-state index in [1.54, 1.807) is 0 Å². The summed E-state index contributed by atoms with van der Waals surface area (Å²) >= 11 is 3.35. The Labute approximate surface area is 155 Å². The molecule has 26 heavy (non-hydrogen) atoms. The maximum absolute atomic E-state index is 12.3. The van der Waals surface area contributed by atoms with Gasteiger partial charge in [-0.1, -0.05) is 28.1 Å². The van der Waals surface area contributed by atoms with Crippen LogP contribution in [-0.4, -0.2) is 15.4 Å². The van der Waals surface area contributed by atoms with E-state index in [1.165, 1.54) is 18.2 Å². The maximum atomic E-state index is 12.3. The molecule has 0 saturated heterocycles. The van der Waals surface area contributed by atoms with Crippen molar-refractivity contribution in [3.05, 3.63) is 73.2 Å². The molecule has 0 bridgehead atoms. The van der Waals surface area contributed by atoms with E-state index in [0.717, 1.165) is 14.6 Å². The van der Waals surface area contributed by atoms with Crippen molar-refractivity contribution in [3.63, 3.8) is 0 Å². The molecule has 0 aliphatic rings. The Kier molecular flexibility index (Phi) is 4.90. The van der Waals surface area contributed by atoms with Crippen LogP contribution >= 0.6 is 15.9 Å². The van der Waals surface area contributed by atoms with Gasteiger partial charge < -0.3 is 9.73 Å². The number of nitrogens with one attached hydrogen (secondary N) is 1. The second kappa shape index (κ2) is 7.12. The zero-order chi connectivity index (χ0) is 18.8. The van der Waals surface area contributed by atoms with E-state index in [9.17, 15) is 19.7 Å². The molecule has 0 fully saturated rings. The number of amides is 1. The fourth-order valence-corrected chi connectivity index (χ4v) is 2.84. The van der Waals surface area contributed by atoms with Gasteiger partial charge >= 0.3 is 5.76 Å². The zero-order valence-electron chi connectivity index (χ0n) is 13.6. The predicted octanol–water partition coefficient (Wildman–Crippen LogP) is 3.14. The smallest absolute Gasteiger partial charge is 0.408 e. The number of aromatic nitrogens is 1. The van der Waals surface area contributed by atoms with Crippen molar-refractivity contribution in [2.45, 2.75) is 19.5 Å². The predicted molar refractivity (Wildman–Crippen MR) is 97.8 cm³/mol. The van der Waals surface area contributed by atoms with Gasteiger partial charge in [0.1, 0.15) is 6.54 Å². The third-order valence-electron chi connectivity index (χ3n) is 3.91. The summed E-state index contributed by atoms with van der Waals surface area (Å²) in [6.45, 7) is 1.52. The first-order valence-electron chi connectivity index (χ1n) is 7.68. The monoisotopic (exact) mass is 419 g/mol. The van der Waals surface area contributed by atoms with Gasteiger partial charge in [0.05, 0.1) is 16.5 Å². The number of benzene rings is 2. The molecule has 8 nitrogen and oxygen atoms in total. The first-order valence-corrected chi connectivity index (χ1v) is 8.47. The van der Waals surface area contributed by atoms with E-state index in [-0.39, 0.29) is 29.4 Å². The maximum Gasteiger partial charge on any atom is 0.420 e. The molecule has 0 saturated carbocycles. The Morgan fingerprint density at radius 3 is 2.65 bits per heavy atom. The minimum atomic E-state index is -0.744. The summed E-state index contributed by atoms with van der Waals surface area (Å²) in [4.78, 5) is 34.7. The molecule has 1 amide bonds. The van der Waals surface area contributed by atoms with Crippen LogP contribution in [0.4, 0.5) is 5.69 Å².